The molecule has 1 saturated heterocycles. The van der Waals surface area contributed by atoms with E-state index in [1.165, 1.54) is 19.2 Å². The summed E-state index contributed by atoms with van der Waals surface area (Å²) in [5, 5.41) is 11.3. The predicted octanol–water partition coefficient (Wildman–Crippen LogP) is 4.10. The Labute approximate surface area is 232 Å². The number of amides is 1. The SMILES string of the molecule is COc1cccc2c1c(NS(=O)(=O)c1ccc(C)c(F)c1)nn2Cc1cccc(CNC(=O)[C@@H]2CCCCN2)c1. The number of methoxy groups -OCH3 is 1. The smallest absolute Gasteiger partial charge is 0.263 e. The molecule has 0 unspecified atom stereocenters. The maximum Gasteiger partial charge on any atom is 0.263 e. The highest BCUT2D eigenvalue weighted by atomic mass is 32.2. The van der Waals surface area contributed by atoms with Gasteiger partial charge < -0.3 is 15.4 Å². The number of nitrogens with one attached hydrogen (secondary N) is 3. The molecule has 3 N–H and O–H groups in total. The minimum Gasteiger partial charge on any atom is -0.496 e. The highest BCUT2D eigenvalue weighted by Crippen LogP contribution is 2.34. The molecule has 0 spiro atoms. The normalized spacial score (nSPS) is 15.6. The lowest BCUT2D eigenvalue weighted by Crippen LogP contribution is -2.46. The standard InChI is InChI=1S/C29H32FN5O4S/c1-19-12-13-22(16-23(19)30)40(37,38)34-28-27-25(10-6-11-26(27)39-2)35(33-28)18-21-8-5-7-20(15-21)17-32-29(36)24-9-3-4-14-31-24/h5-8,10-13,15-16,24,31H,3-4,9,14,17-18H2,1-2H3,(H,32,36)(H,33,34)/t24-/m0/s1. The number of ether oxygens (including phenoxy) is 1. The molecule has 1 atom stereocenters. The maximum absolute atomic E-state index is 14.1. The van der Waals surface area contributed by atoms with Gasteiger partial charge in [-0.05, 0) is 67.3 Å². The third-order valence-corrected chi connectivity index (χ3v) is 8.40. The third-order valence-electron chi connectivity index (χ3n) is 7.06. The van der Waals surface area contributed by atoms with Gasteiger partial charge in [-0.3, -0.25) is 14.2 Å². The zero-order valence-corrected chi connectivity index (χ0v) is 23.2. The number of halogens is 1. The predicted molar refractivity (Wildman–Crippen MR) is 151 cm³/mol. The van der Waals surface area contributed by atoms with Crippen molar-refractivity contribution < 1.29 is 22.3 Å². The molecule has 1 amide bonds. The van der Waals surface area contributed by atoms with Crippen LogP contribution in [0.2, 0.25) is 0 Å². The van der Waals surface area contributed by atoms with E-state index in [2.05, 4.69) is 20.5 Å². The Morgan fingerprint density at radius 2 is 1.93 bits per heavy atom. The molecule has 5 rings (SSSR count). The van der Waals surface area contributed by atoms with Crippen LogP contribution in [0.25, 0.3) is 10.9 Å². The number of piperidine rings is 1. The average Bonchev–Trinajstić information content (AvgIpc) is 3.30. The molecule has 1 aliphatic heterocycles. The summed E-state index contributed by atoms with van der Waals surface area (Å²) < 4.78 is 50.2. The number of sulfonamides is 1. The van der Waals surface area contributed by atoms with E-state index < -0.39 is 15.8 Å². The van der Waals surface area contributed by atoms with Crippen molar-refractivity contribution in [2.45, 2.75) is 50.2 Å². The van der Waals surface area contributed by atoms with Crippen molar-refractivity contribution in [3.63, 3.8) is 0 Å². The molecule has 0 saturated carbocycles. The summed E-state index contributed by atoms with van der Waals surface area (Å²) in [4.78, 5) is 12.3. The van der Waals surface area contributed by atoms with Gasteiger partial charge in [0.1, 0.15) is 11.6 Å². The van der Waals surface area contributed by atoms with Crippen LogP contribution in [0.4, 0.5) is 10.2 Å². The number of carbonyl (C=O) groups excluding carboxylic acids is 1. The first-order chi connectivity index (χ1) is 19.2. The van der Waals surface area contributed by atoms with Crippen molar-refractivity contribution in [1.82, 2.24) is 20.4 Å². The Kier molecular flexibility index (Phi) is 8.04. The summed E-state index contributed by atoms with van der Waals surface area (Å²) >= 11 is 0. The summed E-state index contributed by atoms with van der Waals surface area (Å²) in [6.45, 7) is 3.17. The number of rotatable bonds is 9. The van der Waals surface area contributed by atoms with E-state index in [0.717, 1.165) is 43.0 Å². The molecule has 9 nitrogen and oxygen atoms in total. The quantitative estimate of drug-likeness (QED) is 0.282. The minimum absolute atomic E-state index is 0.000603. The lowest BCUT2D eigenvalue weighted by atomic mass is 10.0. The Morgan fingerprint density at radius 1 is 1.12 bits per heavy atom. The zero-order valence-electron chi connectivity index (χ0n) is 22.4. The fraction of sp³-hybridized carbons (Fsp3) is 0.310. The van der Waals surface area contributed by atoms with Crippen LogP contribution in [-0.4, -0.2) is 43.8 Å². The van der Waals surface area contributed by atoms with Gasteiger partial charge in [0.05, 0.1) is 35.5 Å². The molecule has 3 aromatic carbocycles. The van der Waals surface area contributed by atoms with E-state index in [9.17, 15) is 17.6 Å². The van der Waals surface area contributed by atoms with Gasteiger partial charge in [-0.15, -0.1) is 0 Å². The molecule has 0 radical (unpaired) electrons. The van der Waals surface area contributed by atoms with Crippen LogP contribution in [0.1, 0.15) is 36.0 Å². The number of benzene rings is 3. The fourth-order valence-corrected chi connectivity index (χ4v) is 5.91. The zero-order chi connectivity index (χ0) is 28.3. The van der Waals surface area contributed by atoms with Crippen molar-refractivity contribution >= 4 is 32.7 Å². The largest absolute Gasteiger partial charge is 0.496 e. The summed E-state index contributed by atoms with van der Waals surface area (Å²) in [5.41, 5.74) is 2.87. The number of carbonyl (C=O) groups is 1. The summed E-state index contributed by atoms with van der Waals surface area (Å²) in [6.07, 6.45) is 2.98. The lowest BCUT2D eigenvalue weighted by molar-refractivity contribution is -0.123. The number of nitrogens with zero attached hydrogens (tertiary/aromatic N) is 2. The number of fused-ring (bicyclic) bond motifs is 1. The number of hydrogen-bond donors (Lipinski definition) is 3. The van der Waals surface area contributed by atoms with E-state index in [1.54, 1.807) is 23.7 Å². The van der Waals surface area contributed by atoms with Gasteiger partial charge in [0.15, 0.2) is 5.82 Å². The van der Waals surface area contributed by atoms with Crippen molar-refractivity contribution in [3.8, 4) is 5.75 Å². The second kappa shape index (κ2) is 11.6. The minimum atomic E-state index is -4.13. The van der Waals surface area contributed by atoms with Crippen molar-refractivity contribution in [1.29, 1.82) is 0 Å². The first-order valence-electron chi connectivity index (χ1n) is 13.2. The highest BCUT2D eigenvalue weighted by molar-refractivity contribution is 7.92. The molecule has 1 fully saturated rings. The Balaban J connectivity index is 1.40. The van der Waals surface area contributed by atoms with Gasteiger partial charge in [-0.25, -0.2) is 12.8 Å². The Morgan fingerprint density at radius 3 is 2.67 bits per heavy atom. The van der Waals surface area contributed by atoms with E-state index in [1.807, 2.05) is 30.3 Å². The molecular weight excluding hydrogens is 533 g/mol. The van der Waals surface area contributed by atoms with Gasteiger partial charge in [0, 0.05) is 6.54 Å². The van der Waals surface area contributed by atoms with E-state index in [4.69, 9.17) is 4.74 Å². The molecule has 11 heteroatoms. The van der Waals surface area contributed by atoms with Crippen molar-refractivity contribution in [2.75, 3.05) is 18.4 Å². The summed E-state index contributed by atoms with van der Waals surface area (Å²) in [7, 11) is -2.63. The molecule has 4 aromatic rings. The molecule has 1 aliphatic rings. The Hall–Kier alpha value is -3.96. The van der Waals surface area contributed by atoms with Crippen LogP contribution in [0.3, 0.4) is 0 Å². The Bertz CT molecular complexity index is 1650. The van der Waals surface area contributed by atoms with Crippen LogP contribution in [0, 0.1) is 12.7 Å². The van der Waals surface area contributed by atoms with Crippen molar-refractivity contribution in [2.24, 2.45) is 0 Å². The third kappa shape index (κ3) is 5.95. The number of aryl methyl sites for hydroxylation is 1. The molecule has 0 aliphatic carbocycles. The number of aromatic nitrogens is 2. The fourth-order valence-electron chi connectivity index (χ4n) is 4.89. The van der Waals surface area contributed by atoms with Crippen LogP contribution in [0.15, 0.2) is 65.6 Å². The molecule has 0 bridgehead atoms. The molecule has 1 aromatic heterocycles. The second-order valence-corrected chi connectivity index (χ2v) is 11.6. The van der Waals surface area contributed by atoms with E-state index in [0.29, 0.717) is 35.3 Å². The summed E-state index contributed by atoms with van der Waals surface area (Å²) in [6, 6.07) is 16.8. The summed E-state index contributed by atoms with van der Waals surface area (Å²) in [5.74, 6) is -0.0799. The van der Waals surface area contributed by atoms with Crippen LogP contribution in [0.5, 0.6) is 5.75 Å². The number of hydrogen-bond acceptors (Lipinski definition) is 6. The van der Waals surface area contributed by atoms with Gasteiger partial charge in [-0.2, -0.15) is 5.10 Å². The van der Waals surface area contributed by atoms with Gasteiger partial charge in [-0.1, -0.05) is 42.8 Å². The second-order valence-electron chi connectivity index (χ2n) is 9.92. The first-order valence-corrected chi connectivity index (χ1v) is 14.6. The van der Waals surface area contributed by atoms with Crippen LogP contribution < -0.4 is 20.1 Å². The molecule has 40 heavy (non-hydrogen) atoms. The topological polar surface area (TPSA) is 114 Å². The average molecular weight is 566 g/mol. The monoisotopic (exact) mass is 565 g/mol. The van der Waals surface area contributed by atoms with E-state index in [-0.39, 0.29) is 22.7 Å². The molecular formula is C29H32FN5O4S. The maximum atomic E-state index is 14.1. The van der Waals surface area contributed by atoms with Gasteiger partial charge in [0.25, 0.3) is 10.0 Å². The first kappa shape index (κ1) is 27.6. The van der Waals surface area contributed by atoms with Crippen LogP contribution >= 0.6 is 0 Å². The molecule has 2 heterocycles. The van der Waals surface area contributed by atoms with Gasteiger partial charge >= 0.3 is 0 Å². The highest BCUT2D eigenvalue weighted by Gasteiger charge is 2.23. The van der Waals surface area contributed by atoms with Gasteiger partial charge in [0.2, 0.25) is 5.91 Å². The van der Waals surface area contributed by atoms with Crippen molar-refractivity contribution in [3.05, 3.63) is 83.2 Å². The van der Waals surface area contributed by atoms with E-state index >= 15 is 0 Å². The number of anilines is 1. The molecule has 210 valence electrons. The lowest BCUT2D eigenvalue weighted by Gasteiger charge is -2.22. The van der Waals surface area contributed by atoms with Crippen LogP contribution in [-0.2, 0) is 27.9 Å².